The number of nitrogens with zero attached hydrogens (tertiary/aromatic N) is 3. The van der Waals surface area contributed by atoms with Crippen LogP contribution in [0.5, 0.6) is 0 Å². The lowest BCUT2D eigenvalue weighted by atomic mass is 9.82. The highest BCUT2D eigenvalue weighted by Gasteiger charge is 2.35. The first-order valence-electron chi connectivity index (χ1n) is 18.4. The van der Waals surface area contributed by atoms with Crippen molar-refractivity contribution in [3.8, 4) is 56.4 Å². The van der Waals surface area contributed by atoms with Gasteiger partial charge in [-0.15, -0.1) is 0 Å². The van der Waals surface area contributed by atoms with Gasteiger partial charge in [0, 0.05) is 32.9 Å². The Kier molecular flexibility index (Phi) is 6.56. The van der Waals surface area contributed by atoms with Crippen LogP contribution in [0, 0.1) is 0 Å². The SMILES string of the molecule is CC1(C)c2ccccc2-c2ccc(-c3nc(-c4ccc5c(c4)oc4ccccc45)nc(-c4cccc5ccc(-c6ccc7ccccc7c6)cc45)n3)cc21. The Balaban J connectivity index is 1.11. The van der Waals surface area contributed by atoms with Gasteiger partial charge in [0.2, 0.25) is 0 Å². The van der Waals surface area contributed by atoms with Crippen molar-refractivity contribution >= 4 is 43.5 Å². The van der Waals surface area contributed by atoms with Crippen LogP contribution in [0.15, 0.2) is 168 Å². The van der Waals surface area contributed by atoms with E-state index in [1.807, 2.05) is 18.2 Å². The van der Waals surface area contributed by atoms with E-state index < -0.39 is 0 Å². The second-order valence-electron chi connectivity index (χ2n) is 14.8. The zero-order chi connectivity index (χ0) is 36.0. The summed E-state index contributed by atoms with van der Waals surface area (Å²) in [5.41, 5.74) is 11.8. The zero-order valence-corrected chi connectivity index (χ0v) is 29.8. The molecule has 0 N–H and O–H groups in total. The molecule has 4 heteroatoms. The molecule has 0 spiro atoms. The number of rotatable bonds is 4. The van der Waals surface area contributed by atoms with E-state index >= 15 is 0 Å². The summed E-state index contributed by atoms with van der Waals surface area (Å²) in [4.78, 5) is 15.7. The van der Waals surface area contributed by atoms with Gasteiger partial charge in [-0.25, -0.2) is 15.0 Å². The molecule has 0 unspecified atom stereocenters. The molecule has 2 aromatic heterocycles. The van der Waals surface area contributed by atoms with Crippen molar-refractivity contribution in [3.63, 3.8) is 0 Å². The van der Waals surface area contributed by atoms with E-state index in [2.05, 4.69) is 159 Å². The molecule has 0 amide bonds. The van der Waals surface area contributed by atoms with Crippen LogP contribution >= 0.6 is 0 Å². The number of furan rings is 1. The van der Waals surface area contributed by atoms with E-state index in [9.17, 15) is 0 Å². The summed E-state index contributed by atoms with van der Waals surface area (Å²) in [5.74, 6) is 1.86. The van der Waals surface area contributed by atoms with E-state index in [1.165, 1.54) is 38.6 Å². The van der Waals surface area contributed by atoms with Gasteiger partial charge in [-0.1, -0.05) is 141 Å². The first-order valence-corrected chi connectivity index (χ1v) is 18.4. The largest absolute Gasteiger partial charge is 0.456 e. The van der Waals surface area contributed by atoms with Crippen LogP contribution in [0.1, 0.15) is 25.0 Å². The van der Waals surface area contributed by atoms with Crippen LogP contribution in [0.3, 0.4) is 0 Å². The molecule has 54 heavy (non-hydrogen) atoms. The van der Waals surface area contributed by atoms with Crippen LogP contribution in [-0.4, -0.2) is 15.0 Å². The Bertz CT molecular complexity index is 3150. The lowest BCUT2D eigenvalue weighted by Gasteiger charge is -2.21. The molecule has 1 aliphatic rings. The Labute approximate surface area is 312 Å². The Hall–Kier alpha value is -6.91. The minimum absolute atomic E-state index is 0.151. The third kappa shape index (κ3) is 4.73. The lowest BCUT2D eigenvalue weighted by molar-refractivity contribution is 0.660. The van der Waals surface area contributed by atoms with Gasteiger partial charge in [0.15, 0.2) is 17.5 Å². The highest BCUT2D eigenvalue weighted by Crippen LogP contribution is 2.49. The maximum atomic E-state index is 6.32. The van der Waals surface area contributed by atoms with Crippen molar-refractivity contribution in [2.45, 2.75) is 19.3 Å². The minimum Gasteiger partial charge on any atom is -0.456 e. The van der Waals surface area contributed by atoms with Crippen molar-refractivity contribution in [2.75, 3.05) is 0 Å². The number of hydrogen-bond donors (Lipinski definition) is 0. The number of para-hydroxylation sites is 1. The fourth-order valence-corrected chi connectivity index (χ4v) is 8.48. The summed E-state index contributed by atoms with van der Waals surface area (Å²) in [6.45, 7) is 4.61. The van der Waals surface area contributed by atoms with E-state index in [1.54, 1.807) is 0 Å². The first-order chi connectivity index (χ1) is 26.5. The number of hydrogen-bond acceptors (Lipinski definition) is 4. The standard InChI is InChI=1S/C50H33N3O/c1-50(2)43-16-7-5-13-37(43)38-24-22-35(28-44(38)50)47-51-48(36-23-25-40-39-14-6-8-17-45(39)54-46(40)29-36)53-49(52-47)41-15-9-12-31-19-21-34(27-42(31)41)33-20-18-30-10-3-4-11-32(30)26-33/h3-29H,1-2H3. The molecule has 8 aromatic carbocycles. The van der Waals surface area contributed by atoms with Gasteiger partial charge in [-0.3, -0.25) is 0 Å². The molecule has 2 heterocycles. The van der Waals surface area contributed by atoms with Gasteiger partial charge >= 0.3 is 0 Å². The van der Waals surface area contributed by atoms with Crippen molar-refractivity contribution < 1.29 is 4.42 Å². The second-order valence-corrected chi connectivity index (χ2v) is 14.8. The van der Waals surface area contributed by atoms with E-state index in [4.69, 9.17) is 19.4 Å². The monoisotopic (exact) mass is 691 g/mol. The van der Waals surface area contributed by atoms with Crippen molar-refractivity contribution in [3.05, 3.63) is 175 Å². The fourth-order valence-electron chi connectivity index (χ4n) is 8.48. The molecular weight excluding hydrogens is 659 g/mol. The maximum Gasteiger partial charge on any atom is 0.164 e. The molecule has 0 aliphatic heterocycles. The minimum atomic E-state index is -0.151. The normalized spacial score (nSPS) is 13.1. The number of fused-ring (bicyclic) bond motifs is 8. The maximum absolute atomic E-state index is 6.32. The molecule has 0 saturated heterocycles. The summed E-state index contributed by atoms with van der Waals surface area (Å²) < 4.78 is 6.32. The van der Waals surface area contributed by atoms with Crippen LogP contribution in [0.4, 0.5) is 0 Å². The van der Waals surface area contributed by atoms with Crippen LogP contribution < -0.4 is 0 Å². The van der Waals surface area contributed by atoms with Gasteiger partial charge in [0.05, 0.1) is 0 Å². The molecule has 1 aliphatic carbocycles. The lowest BCUT2D eigenvalue weighted by Crippen LogP contribution is -2.15. The Morgan fingerprint density at radius 2 is 0.981 bits per heavy atom. The summed E-state index contributed by atoms with van der Waals surface area (Å²) in [6.07, 6.45) is 0. The molecule has 11 rings (SSSR count). The smallest absolute Gasteiger partial charge is 0.164 e. The Morgan fingerprint density at radius 3 is 1.87 bits per heavy atom. The van der Waals surface area contributed by atoms with Gasteiger partial charge in [0.25, 0.3) is 0 Å². The zero-order valence-electron chi connectivity index (χ0n) is 29.8. The fraction of sp³-hybridized carbons (Fsp3) is 0.0600. The van der Waals surface area contributed by atoms with E-state index in [-0.39, 0.29) is 5.41 Å². The Morgan fingerprint density at radius 1 is 0.370 bits per heavy atom. The van der Waals surface area contributed by atoms with Crippen molar-refractivity contribution in [1.29, 1.82) is 0 Å². The summed E-state index contributed by atoms with van der Waals surface area (Å²) >= 11 is 0. The first kappa shape index (κ1) is 30.7. The topological polar surface area (TPSA) is 51.8 Å². The predicted octanol–water partition coefficient (Wildman–Crippen LogP) is 13.1. The highest BCUT2D eigenvalue weighted by molar-refractivity contribution is 6.06. The molecule has 0 bridgehead atoms. The third-order valence-corrected chi connectivity index (χ3v) is 11.3. The predicted molar refractivity (Wildman–Crippen MR) is 221 cm³/mol. The molecule has 0 radical (unpaired) electrons. The molecule has 4 nitrogen and oxygen atoms in total. The van der Waals surface area contributed by atoms with Gasteiger partial charge < -0.3 is 4.42 Å². The van der Waals surface area contributed by atoms with Crippen LogP contribution in [0.25, 0.3) is 99.9 Å². The second kappa shape index (κ2) is 11.5. The molecular formula is C50H33N3O. The highest BCUT2D eigenvalue weighted by atomic mass is 16.3. The van der Waals surface area contributed by atoms with E-state index in [0.717, 1.165) is 55.0 Å². The van der Waals surface area contributed by atoms with Crippen LogP contribution in [-0.2, 0) is 5.41 Å². The van der Waals surface area contributed by atoms with Gasteiger partial charge in [-0.05, 0) is 91.3 Å². The summed E-state index contributed by atoms with van der Waals surface area (Å²) in [7, 11) is 0. The number of aromatic nitrogens is 3. The van der Waals surface area contributed by atoms with E-state index in [0.29, 0.717) is 17.5 Å². The molecule has 10 aromatic rings. The quantitative estimate of drug-likeness (QED) is 0.184. The molecule has 254 valence electrons. The molecule has 0 atom stereocenters. The average molecular weight is 692 g/mol. The molecule has 0 saturated carbocycles. The van der Waals surface area contributed by atoms with Gasteiger partial charge in [-0.2, -0.15) is 0 Å². The summed E-state index contributed by atoms with van der Waals surface area (Å²) in [5, 5.41) is 6.82. The van der Waals surface area contributed by atoms with Gasteiger partial charge in [0.1, 0.15) is 11.2 Å². The average Bonchev–Trinajstić information content (AvgIpc) is 3.71. The van der Waals surface area contributed by atoms with Crippen molar-refractivity contribution in [2.24, 2.45) is 0 Å². The number of benzene rings is 8. The van der Waals surface area contributed by atoms with Crippen molar-refractivity contribution in [1.82, 2.24) is 15.0 Å². The summed E-state index contributed by atoms with van der Waals surface area (Å²) in [6, 6.07) is 58.0. The third-order valence-electron chi connectivity index (χ3n) is 11.3. The molecule has 0 fully saturated rings. The van der Waals surface area contributed by atoms with Crippen LogP contribution in [0.2, 0.25) is 0 Å².